The first kappa shape index (κ1) is 14.0. The maximum atomic E-state index is 12.2. The predicted octanol–water partition coefficient (Wildman–Crippen LogP) is 2.26. The number of urea groups is 1. The number of nitrogens with one attached hydrogen (secondary N) is 1. The monoisotopic (exact) mass is 288 g/mol. The summed E-state index contributed by atoms with van der Waals surface area (Å²) in [7, 11) is 1.46. The third-order valence-corrected chi connectivity index (χ3v) is 2.70. The molecule has 0 aliphatic rings. The lowest BCUT2D eigenvalue weighted by atomic mass is 10.6. The van der Waals surface area contributed by atoms with E-state index in [1.165, 1.54) is 11.9 Å². The zero-order valence-corrected chi connectivity index (χ0v) is 10.2. The normalized spacial score (nSPS) is 11.4. The molecule has 2 amide bonds. The van der Waals surface area contributed by atoms with E-state index in [4.69, 9.17) is 11.6 Å². The fraction of sp³-hybridized carbons (Fsp3) is 0.571. The molecule has 0 saturated carbocycles. The summed E-state index contributed by atoms with van der Waals surface area (Å²) in [5.41, 5.74) is 0. The molecule has 1 heterocycles. The number of aromatic nitrogens is 2. The average molecular weight is 289 g/mol. The topological polar surface area (TPSA) is 58.1 Å². The van der Waals surface area contributed by atoms with Crippen LogP contribution in [0.1, 0.15) is 5.01 Å². The minimum atomic E-state index is -4.55. The highest BCUT2D eigenvalue weighted by atomic mass is 35.5. The van der Waals surface area contributed by atoms with Crippen molar-refractivity contribution in [3.8, 4) is 0 Å². The van der Waals surface area contributed by atoms with Crippen molar-refractivity contribution in [3.05, 3.63) is 5.01 Å². The number of hydrogen-bond donors (Lipinski definition) is 1. The number of anilines is 1. The lowest BCUT2D eigenvalue weighted by Gasteiger charge is -2.14. The molecule has 96 valence electrons. The van der Waals surface area contributed by atoms with Crippen molar-refractivity contribution in [1.82, 2.24) is 15.1 Å². The van der Waals surface area contributed by atoms with Gasteiger partial charge in [-0.05, 0) is 0 Å². The predicted molar refractivity (Wildman–Crippen MR) is 57.3 cm³/mol. The molecular weight excluding hydrogens is 281 g/mol. The molecule has 10 heteroatoms. The van der Waals surface area contributed by atoms with Gasteiger partial charge < -0.3 is 4.90 Å². The van der Waals surface area contributed by atoms with Gasteiger partial charge in [-0.3, -0.25) is 5.32 Å². The van der Waals surface area contributed by atoms with Crippen LogP contribution in [0.4, 0.5) is 23.1 Å². The number of carbonyl (C=O) groups excluding carboxylic acids is 1. The zero-order valence-electron chi connectivity index (χ0n) is 8.58. The first-order valence-corrected chi connectivity index (χ1v) is 5.68. The van der Waals surface area contributed by atoms with Gasteiger partial charge in [-0.25, -0.2) is 4.79 Å². The molecule has 17 heavy (non-hydrogen) atoms. The van der Waals surface area contributed by atoms with Crippen molar-refractivity contribution < 1.29 is 18.0 Å². The molecule has 0 aliphatic carbocycles. The second-order valence-electron chi connectivity index (χ2n) is 2.95. The van der Waals surface area contributed by atoms with Gasteiger partial charge in [0.15, 0.2) is 0 Å². The Bertz CT molecular complexity index is 397. The van der Waals surface area contributed by atoms with Gasteiger partial charge in [0.2, 0.25) is 10.1 Å². The minimum Gasteiger partial charge on any atom is -0.326 e. The van der Waals surface area contributed by atoms with Crippen LogP contribution in [0.3, 0.4) is 0 Å². The number of carbonyl (C=O) groups is 1. The van der Waals surface area contributed by atoms with Crippen molar-refractivity contribution in [2.45, 2.75) is 6.18 Å². The van der Waals surface area contributed by atoms with Crippen molar-refractivity contribution in [1.29, 1.82) is 0 Å². The highest BCUT2D eigenvalue weighted by Crippen LogP contribution is 2.32. The summed E-state index contributed by atoms with van der Waals surface area (Å²) < 4.78 is 36.6. The van der Waals surface area contributed by atoms with Crippen LogP contribution in [-0.2, 0) is 6.18 Å². The average Bonchev–Trinajstić information content (AvgIpc) is 2.66. The number of alkyl halides is 4. The van der Waals surface area contributed by atoms with Gasteiger partial charge in [0.25, 0.3) is 0 Å². The Morgan fingerprint density at radius 3 is 2.65 bits per heavy atom. The Balaban J connectivity index is 2.64. The SMILES string of the molecule is CN(CCCl)C(=O)Nc1nnc(C(F)(F)F)s1. The Labute approximate surface area is 104 Å². The van der Waals surface area contributed by atoms with E-state index in [2.05, 4.69) is 15.5 Å². The van der Waals surface area contributed by atoms with Crippen molar-refractivity contribution in [2.75, 3.05) is 24.8 Å². The standard InChI is InChI=1S/C7H8ClF3N4OS/c1-15(3-2-8)6(16)12-5-14-13-4(17-5)7(9,10)11/h2-3H2,1H3,(H,12,14,16). The Morgan fingerprint density at radius 1 is 1.53 bits per heavy atom. The van der Waals surface area contributed by atoms with Crippen LogP contribution in [0.15, 0.2) is 0 Å². The largest absolute Gasteiger partial charge is 0.445 e. The van der Waals surface area contributed by atoms with E-state index in [0.717, 1.165) is 0 Å². The summed E-state index contributed by atoms with van der Waals surface area (Å²) in [4.78, 5) is 12.6. The van der Waals surface area contributed by atoms with Gasteiger partial charge in [0, 0.05) is 19.5 Å². The lowest BCUT2D eigenvalue weighted by molar-refractivity contribution is -0.138. The second-order valence-corrected chi connectivity index (χ2v) is 4.31. The van der Waals surface area contributed by atoms with E-state index < -0.39 is 17.2 Å². The smallest absolute Gasteiger partial charge is 0.326 e. The molecule has 5 nitrogen and oxygen atoms in total. The van der Waals surface area contributed by atoms with Gasteiger partial charge in [-0.1, -0.05) is 11.3 Å². The Kier molecular flexibility index (Phi) is 4.52. The number of amides is 2. The Hall–Kier alpha value is -1.09. The van der Waals surface area contributed by atoms with E-state index in [9.17, 15) is 18.0 Å². The summed E-state index contributed by atoms with van der Waals surface area (Å²) in [5, 5.41) is 7.04. The van der Waals surface area contributed by atoms with Crippen LogP contribution in [0, 0.1) is 0 Å². The van der Waals surface area contributed by atoms with E-state index >= 15 is 0 Å². The maximum absolute atomic E-state index is 12.2. The lowest BCUT2D eigenvalue weighted by Crippen LogP contribution is -2.32. The number of nitrogens with zero attached hydrogens (tertiary/aromatic N) is 3. The number of rotatable bonds is 3. The van der Waals surface area contributed by atoms with Gasteiger partial charge in [0.1, 0.15) is 0 Å². The molecule has 0 aromatic carbocycles. The van der Waals surface area contributed by atoms with Crippen LogP contribution < -0.4 is 5.32 Å². The summed E-state index contributed by atoms with van der Waals surface area (Å²) in [5.74, 6) is 0.230. The summed E-state index contributed by atoms with van der Waals surface area (Å²) in [6, 6.07) is -0.587. The molecular formula is C7H8ClF3N4OS. The van der Waals surface area contributed by atoms with Crippen molar-refractivity contribution in [2.24, 2.45) is 0 Å². The van der Waals surface area contributed by atoms with Gasteiger partial charge in [-0.2, -0.15) is 13.2 Å². The summed E-state index contributed by atoms with van der Waals surface area (Å²) >= 11 is 5.68. The fourth-order valence-corrected chi connectivity index (χ4v) is 1.66. The molecule has 0 bridgehead atoms. The van der Waals surface area contributed by atoms with E-state index in [-0.39, 0.29) is 28.9 Å². The summed E-state index contributed by atoms with van der Waals surface area (Å²) in [6.07, 6.45) is -4.55. The molecule has 1 rings (SSSR count). The molecule has 0 aliphatic heterocycles. The third-order valence-electron chi connectivity index (χ3n) is 1.65. The van der Waals surface area contributed by atoms with Crippen LogP contribution in [-0.4, -0.2) is 40.6 Å². The highest BCUT2D eigenvalue weighted by molar-refractivity contribution is 7.15. The van der Waals surface area contributed by atoms with Gasteiger partial charge >= 0.3 is 12.2 Å². The van der Waals surface area contributed by atoms with Crippen LogP contribution in [0.25, 0.3) is 0 Å². The van der Waals surface area contributed by atoms with E-state index in [1.807, 2.05) is 0 Å². The fourth-order valence-electron chi connectivity index (χ4n) is 0.804. The molecule has 1 N–H and O–H groups in total. The second kappa shape index (κ2) is 5.50. The first-order chi connectivity index (χ1) is 7.84. The number of halogens is 4. The maximum Gasteiger partial charge on any atom is 0.445 e. The van der Waals surface area contributed by atoms with Crippen LogP contribution in [0.5, 0.6) is 0 Å². The number of hydrogen-bond acceptors (Lipinski definition) is 4. The minimum absolute atomic E-state index is 0.205. The van der Waals surface area contributed by atoms with E-state index in [1.54, 1.807) is 0 Å². The molecule has 0 saturated heterocycles. The molecule has 1 aromatic heterocycles. The zero-order chi connectivity index (χ0) is 13.1. The molecule has 0 fully saturated rings. The quantitative estimate of drug-likeness (QED) is 0.868. The Morgan fingerprint density at radius 2 is 2.18 bits per heavy atom. The van der Waals surface area contributed by atoms with Crippen molar-refractivity contribution >= 4 is 34.1 Å². The van der Waals surface area contributed by atoms with Crippen LogP contribution in [0.2, 0.25) is 0 Å². The molecule has 0 unspecified atom stereocenters. The molecule has 1 aromatic rings. The van der Waals surface area contributed by atoms with Gasteiger partial charge in [0.05, 0.1) is 0 Å². The first-order valence-electron chi connectivity index (χ1n) is 4.33. The van der Waals surface area contributed by atoms with Gasteiger partial charge in [-0.15, -0.1) is 21.8 Å². The van der Waals surface area contributed by atoms with Crippen LogP contribution >= 0.6 is 22.9 Å². The third kappa shape index (κ3) is 4.00. The van der Waals surface area contributed by atoms with E-state index in [0.29, 0.717) is 0 Å². The molecule has 0 spiro atoms. The highest BCUT2D eigenvalue weighted by Gasteiger charge is 2.35. The summed E-state index contributed by atoms with van der Waals surface area (Å²) in [6.45, 7) is 0.276. The van der Waals surface area contributed by atoms with Crippen molar-refractivity contribution in [3.63, 3.8) is 0 Å². The molecule has 0 radical (unpaired) electrons. The molecule has 0 atom stereocenters.